The number of rotatable bonds is 24. The maximum atomic E-state index is 11.5. The smallest absolute Gasteiger partial charge is 0.311 e. The molecule has 507 valence electrons. The number of nitrogens with zero attached hydrogens (tertiary/aromatic N) is 3. The maximum absolute atomic E-state index is 11.5. The molecule has 0 spiro atoms. The number of aromatic nitrogens is 3. The molecule has 0 saturated carbocycles. The van der Waals surface area contributed by atoms with Crippen molar-refractivity contribution < 1.29 is 118 Å². The van der Waals surface area contributed by atoms with Crippen LogP contribution in [0.4, 0.5) is 0 Å². The predicted molar refractivity (Wildman–Crippen MR) is 367 cm³/mol. The minimum absolute atomic E-state index is 0. The minimum atomic E-state index is -1.13. The molecule has 3 atom stereocenters. The van der Waals surface area contributed by atoms with Gasteiger partial charge in [-0.15, -0.1) is 108 Å². The number of aliphatic hydroxyl groups excluding tert-OH is 3. The normalized spacial score (nSPS) is 10.9. The number of esters is 3. The average molecular weight is 1930 g/mol. The molecule has 0 amide bonds. The summed E-state index contributed by atoms with van der Waals surface area (Å²) in [6, 6.07) is 61.9. The summed E-state index contributed by atoms with van der Waals surface area (Å²) >= 11 is 9.32. The van der Waals surface area contributed by atoms with Crippen LogP contribution in [-0.4, -0.2) is 67.0 Å². The number of aliphatic hydroxyl groups is 3. The third-order valence-corrected chi connectivity index (χ3v) is 16.4. The van der Waals surface area contributed by atoms with Gasteiger partial charge in [0.15, 0.2) is 18.9 Å². The van der Waals surface area contributed by atoms with E-state index in [-0.39, 0.29) is 99.4 Å². The van der Waals surface area contributed by atoms with E-state index in [0.29, 0.717) is 19.8 Å². The van der Waals surface area contributed by atoms with E-state index in [1.807, 2.05) is 228 Å². The van der Waals surface area contributed by atoms with Crippen LogP contribution in [0, 0.1) is 18.2 Å². The summed E-state index contributed by atoms with van der Waals surface area (Å²) in [6.07, 6.45) is 1.50. The van der Waals surface area contributed by atoms with E-state index < -0.39 is 36.8 Å². The van der Waals surface area contributed by atoms with Gasteiger partial charge in [-0.25, -0.2) is 0 Å². The van der Waals surface area contributed by atoms with Gasteiger partial charge in [0.1, 0.15) is 19.8 Å². The van der Waals surface area contributed by atoms with E-state index in [1.165, 1.54) is 0 Å². The first-order chi connectivity index (χ1) is 45.6. The SMILES string of the molecule is O=C(CC(O)OCc1ccsc1)OCc1ccsc1.O=C(CC(O)OCc1ccsc1)OCc1ccsc1.O=C(CC(O)OCc1ccsc1)OCc1ccsc1.[Ir].[Ir].[Ir].[c-]1ccccc1-c1ccccn1.[c-]1ccccc1-c1ccccn1.[c-]1ccccc1-c1ccccn1. The van der Waals surface area contributed by atoms with Crippen molar-refractivity contribution in [3.8, 4) is 33.8 Å². The molecule has 0 aliphatic heterocycles. The number of hydrogen-bond donors (Lipinski definition) is 3. The molecule has 3 aromatic carbocycles. The van der Waals surface area contributed by atoms with Gasteiger partial charge in [0.05, 0.1) is 39.1 Å². The van der Waals surface area contributed by atoms with Gasteiger partial charge in [-0.1, -0.05) is 36.4 Å². The average Bonchev–Trinajstić information content (AvgIpc) is 1.46. The third-order valence-electron chi connectivity index (χ3n) is 12.0. The monoisotopic (exact) mass is 1940 g/mol. The fourth-order valence-electron chi connectivity index (χ4n) is 7.32. The molecule has 15 nitrogen and oxygen atoms in total. The first kappa shape index (κ1) is 81.9. The predicted octanol–water partition coefficient (Wildman–Crippen LogP) is 16.0. The number of pyridine rings is 3. The Hall–Kier alpha value is -6.57. The van der Waals surface area contributed by atoms with Crippen molar-refractivity contribution in [3.63, 3.8) is 0 Å². The van der Waals surface area contributed by atoms with Crippen molar-refractivity contribution >= 4 is 85.9 Å². The molecule has 12 rings (SSSR count). The van der Waals surface area contributed by atoms with Crippen LogP contribution in [0.1, 0.15) is 52.6 Å². The van der Waals surface area contributed by atoms with Gasteiger partial charge in [-0.05, 0) is 153 Å². The molecule has 0 fully saturated rings. The second-order valence-corrected chi connectivity index (χ2v) is 23.8. The Kier molecular flexibility index (Phi) is 42.5. The number of benzene rings is 3. The van der Waals surface area contributed by atoms with Gasteiger partial charge < -0.3 is 58.7 Å². The van der Waals surface area contributed by atoms with Gasteiger partial charge in [0, 0.05) is 95.6 Å². The van der Waals surface area contributed by atoms with Gasteiger partial charge in [0.2, 0.25) is 0 Å². The van der Waals surface area contributed by atoms with Crippen LogP contribution in [-0.2, 0) is 143 Å². The zero-order valence-corrected chi connectivity index (χ0v) is 63.2. The van der Waals surface area contributed by atoms with E-state index in [4.69, 9.17) is 28.4 Å². The second kappa shape index (κ2) is 49.9. The fraction of sp³-hybridized carbons (Fsp3) is 0.167. The zero-order chi connectivity index (χ0) is 65.2. The van der Waals surface area contributed by atoms with Crippen LogP contribution < -0.4 is 0 Å². The summed E-state index contributed by atoms with van der Waals surface area (Å²) in [4.78, 5) is 47.0. The summed E-state index contributed by atoms with van der Waals surface area (Å²) in [5.74, 6) is -1.41. The van der Waals surface area contributed by atoms with E-state index in [9.17, 15) is 29.7 Å². The quantitative estimate of drug-likeness (QED) is 0.0223. The maximum Gasteiger partial charge on any atom is 0.311 e. The number of hydrogen-bond acceptors (Lipinski definition) is 21. The fourth-order valence-corrected chi connectivity index (χ4v) is 11.2. The molecule has 9 heterocycles. The second-order valence-electron chi connectivity index (χ2n) is 19.2. The molecule has 0 bridgehead atoms. The Morgan fingerprint density at radius 2 is 0.573 bits per heavy atom. The number of carbonyl (C=O) groups is 3. The summed E-state index contributed by atoms with van der Waals surface area (Å²) in [7, 11) is 0. The molecule has 12 aromatic rings. The Balaban J connectivity index is 0.000000246. The Labute approximate surface area is 623 Å². The van der Waals surface area contributed by atoms with Gasteiger partial charge in [-0.3, -0.25) is 14.4 Å². The molecule has 24 heteroatoms. The number of ether oxygens (including phenoxy) is 6. The number of thiophene rings is 6. The molecular weight excluding hydrogens is 1870 g/mol. The summed E-state index contributed by atoms with van der Waals surface area (Å²) in [5, 5.41) is 51.8. The topological polar surface area (TPSA) is 206 Å². The van der Waals surface area contributed by atoms with Crippen molar-refractivity contribution in [2.75, 3.05) is 0 Å². The molecule has 3 N–H and O–H groups in total. The van der Waals surface area contributed by atoms with E-state index in [1.54, 1.807) is 86.6 Å². The van der Waals surface area contributed by atoms with Crippen molar-refractivity contribution in [2.24, 2.45) is 0 Å². The molecule has 0 aliphatic carbocycles. The van der Waals surface area contributed by atoms with Crippen molar-refractivity contribution in [1.82, 2.24) is 15.0 Å². The first-order valence-electron chi connectivity index (χ1n) is 28.7. The minimum Gasteiger partial charge on any atom is -0.461 e. The molecule has 9 aromatic heterocycles. The third kappa shape index (κ3) is 34.6. The van der Waals surface area contributed by atoms with E-state index >= 15 is 0 Å². The molecule has 3 radical (unpaired) electrons. The Morgan fingerprint density at radius 3 is 0.771 bits per heavy atom. The summed E-state index contributed by atoms with van der Waals surface area (Å²) < 4.78 is 30.5. The van der Waals surface area contributed by atoms with Crippen molar-refractivity contribution in [2.45, 2.75) is 77.8 Å². The van der Waals surface area contributed by atoms with Crippen LogP contribution in [0.2, 0.25) is 0 Å². The largest absolute Gasteiger partial charge is 0.461 e. The zero-order valence-electron chi connectivity index (χ0n) is 51.2. The van der Waals surface area contributed by atoms with Gasteiger partial charge >= 0.3 is 17.9 Å². The summed E-state index contributed by atoms with van der Waals surface area (Å²) in [6.45, 7) is 1.59. The number of carbonyl (C=O) groups excluding carboxylic acids is 3. The molecule has 3 unspecified atom stereocenters. The molecule has 0 saturated heterocycles. The van der Waals surface area contributed by atoms with Crippen LogP contribution in [0.25, 0.3) is 33.8 Å². The van der Waals surface area contributed by atoms with Crippen LogP contribution >= 0.6 is 68.0 Å². The van der Waals surface area contributed by atoms with Crippen LogP contribution in [0.3, 0.4) is 0 Å². The Morgan fingerprint density at radius 1 is 0.333 bits per heavy atom. The Bertz CT molecular complexity index is 3280. The van der Waals surface area contributed by atoms with Crippen LogP contribution in [0.5, 0.6) is 0 Å². The standard InChI is InChI=1S/3C13H14O4S2.3C11H8N.3Ir/c3*14-12(16-6-10-1-3-18-8-10)5-13(15)17-7-11-2-4-19-9-11;3*1-2-6-10(7-3-1)11-8-4-5-9-12-11;;;/h3*1-4,8-9,12,14H,5-7H2;3*1-6,8-9H;;;/q;;;3*-1;;;. The summed E-state index contributed by atoms with van der Waals surface area (Å²) in [5.41, 5.74) is 11.8. The first-order valence-corrected chi connectivity index (χ1v) is 34.3. The molecule has 0 aliphatic rings. The van der Waals surface area contributed by atoms with E-state index in [0.717, 1.165) is 67.2 Å². The molecular formula is C72H66Ir3N3O12S6-3. The van der Waals surface area contributed by atoms with Crippen LogP contribution in [0.15, 0.2) is 247 Å². The van der Waals surface area contributed by atoms with Crippen molar-refractivity contribution in [1.29, 1.82) is 0 Å². The van der Waals surface area contributed by atoms with Gasteiger partial charge in [-0.2, -0.15) is 68.0 Å². The van der Waals surface area contributed by atoms with E-state index in [2.05, 4.69) is 33.2 Å². The van der Waals surface area contributed by atoms with Crippen molar-refractivity contribution in [3.05, 3.63) is 299 Å². The molecule has 96 heavy (non-hydrogen) atoms. The van der Waals surface area contributed by atoms with Gasteiger partial charge in [0.25, 0.3) is 0 Å².